The summed E-state index contributed by atoms with van der Waals surface area (Å²) in [6.07, 6.45) is 1.68. The van der Waals surface area contributed by atoms with Gasteiger partial charge in [-0.2, -0.15) is 4.98 Å². The second-order valence-electron chi connectivity index (χ2n) is 8.27. The molecule has 0 aliphatic heterocycles. The number of nitrogens with one attached hydrogen (secondary N) is 2. The Bertz CT molecular complexity index is 1080. The minimum absolute atomic E-state index is 0.0678. The average Bonchev–Trinajstić information content (AvgIpc) is 2.78. The van der Waals surface area contributed by atoms with Crippen LogP contribution < -0.4 is 24.8 Å². The van der Waals surface area contributed by atoms with Gasteiger partial charge in [0.05, 0.1) is 26.9 Å². The van der Waals surface area contributed by atoms with Crippen molar-refractivity contribution in [3.63, 3.8) is 0 Å². The molecule has 0 aliphatic carbocycles. The molecule has 0 unspecified atom stereocenters. The second kappa shape index (κ2) is 11.4. The molecule has 1 aromatic carbocycles. The predicted molar refractivity (Wildman–Crippen MR) is 128 cm³/mol. The molecule has 2 amide bonds. The van der Waals surface area contributed by atoms with Crippen LogP contribution in [0, 0.1) is 11.8 Å². The number of aromatic nitrogens is 2. The molecule has 0 bridgehead atoms. The minimum atomic E-state index is -0.300. The fourth-order valence-electron chi connectivity index (χ4n) is 3.16. The lowest BCUT2D eigenvalue weighted by Gasteiger charge is -2.19. The summed E-state index contributed by atoms with van der Waals surface area (Å²) in [5.41, 5.74) is 1.43. The normalized spacial score (nSPS) is 10.8. The maximum atomic E-state index is 12.6. The Balaban J connectivity index is 2.63. The predicted octanol–water partition coefficient (Wildman–Crippen LogP) is 3.48. The summed E-state index contributed by atoms with van der Waals surface area (Å²) in [4.78, 5) is 45.7. The van der Waals surface area contributed by atoms with Crippen LogP contribution in [0.1, 0.15) is 56.1 Å². The van der Waals surface area contributed by atoms with Crippen molar-refractivity contribution in [2.45, 2.75) is 41.0 Å². The van der Waals surface area contributed by atoms with Crippen molar-refractivity contribution in [1.29, 1.82) is 0 Å². The van der Waals surface area contributed by atoms with Crippen LogP contribution in [0.4, 0.5) is 11.8 Å². The van der Waals surface area contributed by atoms with Crippen LogP contribution in [0.3, 0.4) is 0 Å². The number of hydrogen-bond acceptors (Lipinski definition) is 8. The number of amides is 2. The van der Waals surface area contributed by atoms with E-state index in [0.717, 1.165) is 0 Å². The number of rotatable bonds is 10. The maximum absolute atomic E-state index is 12.6. The highest BCUT2D eigenvalue weighted by atomic mass is 16.5. The number of ether oxygens (including phenoxy) is 3. The molecule has 2 aromatic rings. The first-order chi connectivity index (χ1) is 16.0. The van der Waals surface area contributed by atoms with Crippen LogP contribution in [0.25, 0.3) is 0 Å². The Labute approximate surface area is 199 Å². The van der Waals surface area contributed by atoms with E-state index < -0.39 is 0 Å². The summed E-state index contributed by atoms with van der Waals surface area (Å²) in [5, 5.41) is 5.42. The molecule has 10 heteroatoms. The van der Waals surface area contributed by atoms with Crippen molar-refractivity contribution in [1.82, 2.24) is 9.97 Å². The van der Waals surface area contributed by atoms with E-state index in [2.05, 4.69) is 20.6 Å². The average molecular weight is 473 g/mol. The lowest BCUT2D eigenvalue weighted by molar-refractivity contribution is -0.119. The molecule has 0 radical (unpaired) electrons. The van der Waals surface area contributed by atoms with E-state index in [1.165, 1.54) is 34.4 Å². The molecule has 0 spiro atoms. The molecule has 1 aromatic heterocycles. The molecule has 0 saturated heterocycles. The van der Waals surface area contributed by atoms with E-state index in [1.807, 2.05) is 0 Å². The Kier molecular flexibility index (Phi) is 8.94. The zero-order valence-electron chi connectivity index (χ0n) is 20.9. The van der Waals surface area contributed by atoms with Gasteiger partial charge in [-0.25, -0.2) is 4.98 Å². The Morgan fingerprint density at radius 3 is 1.97 bits per heavy atom. The van der Waals surface area contributed by atoms with Crippen molar-refractivity contribution in [3.8, 4) is 17.2 Å². The smallest absolute Gasteiger partial charge is 0.231 e. The quantitative estimate of drug-likeness (QED) is 0.503. The largest absolute Gasteiger partial charge is 0.493 e. The third-order valence-corrected chi connectivity index (χ3v) is 5.03. The SMILES string of the molecule is COc1cc(Cc2cnc(NC(=O)C(C)C)nc2NC(=O)C(C)C)c(C(C)=O)c(OC)c1OC. The number of ketones is 1. The monoisotopic (exact) mass is 472 g/mol. The Hall–Kier alpha value is -3.69. The van der Waals surface area contributed by atoms with Gasteiger partial charge in [-0.05, 0) is 18.6 Å². The zero-order chi connectivity index (χ0) is 25.6. The molecule has 0 saturated carbocycles. The maximum Gasteiger partial charge on any atom is 0.231 e. The third kappa shape index (κ3) is 6.00. The van der Waals surface area contributed by atoms with Crippen molar-refractivity contribution in [2.24, 2.45) is 11.8 Å². The van der Waals surface area contributed by atoms with Gasteiger partial charge in [0.1, 0.15) is 5.82 Å². The van der Waals surface area contributed by atoms with E-state index in [9.17, 15) is 14.4 Å². The van der Waals surface area contributed by atoms with E-state index in [0.29, 0.717) is 28.2 Å². The topological polar surface area (TPSA) is 129 Å². The van der Waals surface area contributed by atoms with Gasteiger partial charge in [0.15, 0.2) is 17.3 Å². The molecule has 34 heavy (non-hydrogen) atoms. The van der Waals surface area contributed by atoms with Crippen LogP contribution in [0.15, 0.2) is 12.3 Å². The summed E-state index contributed by atoms with van der Waals surface area (Å²) >= 11 is 0. The van der Waals surface area contributed by atoms with Gasteiger partial charge >= 0.3 is 0 Å². The first-order valence-corrected chi connectivity index (χ1v) is 10.8. The molecule has 0 aliphatic rings. The van der Waals surface area contributed by atoms with Crippen LogP contribution in [-0.4, -0.2) is 48.9 Å². The number of anilines is 2. The van der Waals surface area contributed by atoms with Gasteiger partial charge < -0.3 is 19.5 Å². The van der Waals surface area contributed by atoms with Gasteiger partial charge in [0.2, 0.25) is 23.5 Å². The fourth-order valence-corrected chi connectivity index (χ4v) is 3.16. The van der Waals surface area contributed by atoms with E-state index >= 15 is 0 Å². The van der Waals surface area contributed by atoms with Gasteiger partial charge in [0, 0.05) is 30.0 Å². The van der Waals surface area contributed by atoms with Crippen molar-refractivity contribution >= 4 is 29.4 Å². The summed E-state index contributed by atoms with van der Waals surface area (Å²) in [6.45, 7) is 8.43. The molecule has 2 N–H and O–H groups in total. The lowest BCUT2D eigenvalue weighted by Crippen LogP contribution is -2.23. The number of nitrogens with zero attached hydrogens (tertiary/aromatic N) is 2. The van der Waals surface area contributed by atoms with Gasteiger partial charge in [0.25, 0.3) is 0 Å². The van der Waals surface area contributed by atoms with Crippen molar-refractivity contribution < 1.29 is 28.6 Å². The first kappa shape index (κ1) is 26.6. The molecular formula is C24H32N4O6. The van der Waals surface area contributed by atoms with Crippen LogP contribution in [-0.2, 0) is 16.0 Å². The zero-order valence-corrected chi connectivity index (χ0v) is 20.9. The van der Waals surface area contributed by atoms with E-state index in [-0.39, 0.29) is 53.4 Å². The summed E-state index contributed by atoms with van der Waals surface area (Å²) in [6, 6.07) is 1.68. The van der Waals surface area contributed by atoms with Crippen LogP contribution in [0.2, 0.25) is 0 Å². The van der Waals surface area contributed by atoms with E-state index in [4.69, 9.17) is 14.2 Å². The van der Waals surface area contributed by atoms with Gasteiger partial charge in [-0.15, -0.1) is 0 Å². The summed E-state index contributed by atoms with van der Waals surface area (Å²) < 4.78 is 16.3. The number of carbonyl (C=O) groups excluding carboxylic acids is 3. The first-order valence-electron chi connectivity index (χ1n) is 10.8. The summed E-state index contributed by atoms with van der Waals surface area (Å²) in [5.74, 6) is -0.0746. The molecule has 184 valence electrons. The highest BCUT2D eigenvalue weighted by Crippen LogP contribution is 2.43. The van der Waals surface area contributed by atoms with Crippen molar-refractivity contribution in [2.75, 3.05) is 32.0 Å². The molecular weight excluding hydrogens is 440 g/mol. The van der Waals surface area contributed by atoms with Gasteiger partial charge in [-0.3, -0.25) is 19.7 Å². The highest BCUT2D eigenvalue weighted by molar-refractivity contribution is 6.00. The Morgan fingerprint density at radius 1 is 0.882 bits per heavy atom. The molecule has 0 atom stereocenters. The number of hydrogen-bond donors (Lipinski definition) is 2. The molecule has 2 rings (SSSR count). The lowest BCUT2D eigenvalue weighted by atomic mass is 9.96. The fraction of sp³-hybridized carbons (Fsp3) is 0.458. The van der Waals surface area contributed by atoms with E-state index in [1.54, 1.807) is 33.8 Å². The number of carbonyl (C=O) groups is 3. The molecule has 1 heterocycles. The second-order valence-corrected chi connectivity index (χ2v) is 8.27. The van der Waals surface area contributed by atoms with Crippen LogP contribution >= 0.6 is 0 Å². The minimum Gasteiger partial charge on any atom is -0.493 e. The Morgan fingerprint density at radius 2 is 1.47 bits per heavy atom. The number of Topliss-reactive ketones (excluding diaryl/α,β-unsaturated/α-hetero) is 1. The number of benzene rings is 1. The summed E-state index contributed by atoms with van der Waals surface area (Å²) in [7, 11) is 4.39. The standard InChI is InChI=1S/C24H32N4O6/c1-12(2)22(30)26-21-16(11-25-24(27-21)28-23(31)13(3)4)9-15-10-17(32-6)19(33-7)20(34-8)18(15)14(5)29/h10-13H,9H2,1-8H3,(H2,25,26,27,28,30,31). The van der Waals surface area contributed by atoms with Crippen LogP contribution in [0.5, 0.6) is 17.2 Å². The van der Waals surface area contributed by atoms with Crippen molar-refractivity contribution in [3.05, 3.63) is 29.0 Å². The molecule has 0 fully saturated rings. The highest BCUT2D eigenvalue weighted by Gasteiger charge is 2.25. The van der Waals surface area contributed by atoms with Gasteiger partial charge in [-0.1, -0.05) is 27.7 Å². The third-order valence-electron chi connectivity index (χ3n) is 5.03. The molecule has 10 nitrogen and oxygen atoms in total. The number of methoxy groups -OCH3 is 3.